The van der Waals surface area contributed by atoms with Gasteiger partial charge in [0.05, 0.1) is 5.41 Å². The van der Waals surface area contributed by atoms with Crippen LogP contribution >= 0.6 is 0 Å². The highest BCUT2D eigenvalue weighted by Gasteiger charge is 2.38. The number of carbonyl (C=O) groups excluding carboxylic acids is 2. The van der Waals surface area contributed by atoms with Crippen LogP contribution in [0.1, 0.15) is 43.4 Å². The van der Waals surface area contributed by atoms with Crippen LogP contribution in [0.4, 0.5) is 11.4 Å². The van der Waals surface area contributed by atoms with E-state index < -0.39 is 5.41 Å². The molecule has 0 unspecified atom stereocenters. The molecule has 25 heavy (non-hydrogen) atoms. The van der Waals surface area contributed by atoms with Crippen molar-refractivity contribution in [1.29, 1.82) is 0 Å². The van der Waals surface area contributed by atoms with Crippen molar-refractivity contribution >= 4 is 23.2 Å². The van der Waals surface area contributed by atoms with E-state index in [4.69, 9.17) is 0 Å². The number of aryl methyl sites for hydroxylation is 2. The summed E-state index contributed by atoms with van der Waals surface area (Å²) in [7, 11) is 0. The van der Waals surface area contributed by atoms with Crippen LogP contribution in [-0.2, 0) is 21.4 Å². The molecule has 0 radical (unpaired) electrons. The Bertz CT molecular complexity index is 807. The van der Waals surface area contributed by atoms with Gasteiger partial charge in [-0.15, -0.1) is 0 Å². The Hall–Kier alpha value is -2.62. The van der Waals surface area contributed by atoms with E-state index >= 15 is 0 Å². The van der Waals surface area contributed by atoms with Crippen molar-refractivity contribution in [2.45, 2.75) is 45.4 Å². The first kappa shape index (κ1) is 17.2. The number of fused-ring (bicyclic) bond motifs is 1. The summed E-state index contributed by atoms with van der Waals surface area (Å²) >= 11 is 0. The third-order valence-electron chi connectivity index (χ3n) is 4.78. The number of carbonyl (C=O) groups is 2. The normalized spacial score (nSPS) is 14.8. The van der Waals surface area contributed by atoms with E-state index in [1.807, 2.05) is 32.0 Å². The van der Waals surface area contributed by atoms with Crippen molar-refractivity contribution in [3.8, 4) is 0 Å². The minimum atomic E-state index is -0.568. The van der Waals surface area contributed by atoms with Gasteiger partial charge in [0.2, 0.25) is 11.8 Å². The Morgan fingerprint density at radius 1 is 1.12 bits per heavy atom. The predicted octanol–water partition coefficient (Wildman–Crippen LogP) is 4.19. The van der Waals surface area contributed by atoms with Crippen LogP contribution in [0.25, 0.3) is 0 Å². The van der Waals surface area contributed by atoms with Gasteiger partial charge in [0.15, 0.2) is 0 Å². The predicted molar refractivity (Wildman–Crippen MR) is 101 cm³/mol. The van der Waals surface area contributed by atoms with Gasteiger partial charge in [-0.3, -0.25) is 9.59 Å². The lowest BCUT2D eigenvalue weighted by molar-refractivity contribution is -0.119. The minimum Gasteiger partial charge on any atom is -0.326 e. The van der Waals surface area contributed by atoms with E-state index in [9.17, 15) is 9.59 Å². The lowest BCUT2D eigenvalue weighted by Crippen LogP contribution is -2.26. The molecule has 1 aliphatic rings. The molecule has 0 saturated heterocycles. The molecular weight excluding hydrogens is 312 g/mol. The van der Waals surface area contributed by atoms with Gasteiger partial charge in [-0.25, -0.2) is 0 Å². The molecule has 0 aromatic heterocycles. The first-order valence-electron chi connectivity index (χ1n) is 8.67. The second-order valence-corrected chi connectivity index (χ2v) is 7.23. The Morgan fingerprint density at radius 3 is 2.56 bits per heavy atom. The van der Waals surface area contributed by atoms with Crippen molar-refractivity contribution in [3.05, 3.63) is 59.2 Å². The van der Waals surface area contributed by atoms with Gasteiger partial charge in [-0.2, -0.15) is 0 Å². The lowest BCUT2D eigenvalue weighted by Gasteiger charge is -2.16. The Balaban J connectivity index is 1.56. The number of benzene rings is 2. The standard InChI is InChI=1S/C21H24N2O2/c1-14-7-9-15(10-8-14)5-4-6-19(24)22-16-11-12-18-17(13-16)21(2,3)20(25)23-18/h7-13H,4-6H2,1-3H3,(H,22,24)(H,23,25). The molecule has 2 aromatic carbocycles. The molecule has 4 nitrogen and oxygen atoms in total. The first-order valence-corrected chi connectivity index (χ1v) is 8.67. The maximum Gasteiger partial charge on any atom is 0.234 e. The highest BCUT2D eigenvalue weighted by atomic mass is 16.2. The number of anilines is 2. The Morgan fingerprint density at radius 2 is 1.84 bits per heavy atom. The number of hydrogen-bond acceptors (Lipinski definition) is 2. The van der Waals surface area contributed by atoms with Crippen molar-refractivity contribution in [3.63, 3.8) is 0 Å². The molecule has 0 bridgehead atoms. The van der Waals surface area contributed by atoms with Crippen LogP contribution in [0, 0.1) is 6.92 Å². The summed E-state index contributed by atoms with van der Waals surface area (Å²) in [6.45, 7) is 5.85. The monoisotopic (exact) mass is 336 g/mol. The maximum atomic E-state index is 12.2. The van der Waals surface area contributed by atoms with Crippen LogP contribution in [0.5, 0.6) is 0 Å². The zero-order valence-corrected chi connectivity index (χ0v) is 15.0. The Kier molecular flexibility index (Phi) is 4.62. The van der Waals surface area contributed by atoms with Crippen molar-refractivity contribution in [1.82, 2.24) is 0 Å². The summed E-state index contributed by atoms with van der Waals surface area (Å²) in [6.07, 6.45) is 2.18. The highest BCUT2D eigenvalue weighted by Crippen LogP contribution is 2.38. The van der Waals surface area contributed by atoms with Crippen molar-refractivity contribution in [2.75, 3.05) is 10.6 Å². The van der Waals surface area contributed by atoms with Gasteiger partial charge in [0.1, 0.15) is 0 Å². The third-order valence-corrected chi connectivity index (χ3v) is 4.78. The molecule has 130 valence electrons. The molecule has 0 saturated carbocycles. The van der Waals surface area contributed by atoms with E-state index in [-0.39, 0.29) is 11.8 Å². The van der Waals surface area contributed by atoms with E-state index in [0.717, 1.165) is 29.8 Å². The molecule has 2 amide bonds. The molecule has 1 aliphatic heterocycles. The molecule has 0 atom stereocenters. The average molecular weight is 336 g/mol. The molecule has 0 spiro atoms. The van der Waals surface area contributed by atoms with Crippen LogP contribution in [-0.4, -0.2) is 11.8 Å². The van der Waals surface area contributed by atoms with Crippen LogP contribution in [0.15, 0.2) is 42.5 Å². The van der Waals surface area contributed by atoms with Gasteiger partial charge >= 0.3 is 0 Å². The molecule has 0 fully saturated rings. The quantitative estimate of drug-likeness (QED) is 0.860. The summed E-state index contributed by atoms with van der Waals surface area (Å²) in [5, 5.41) is 5.81. The minimum absolute atomic E-state index is 0.00199. The molecule has 0 aliphatic carbocycles. The third kappa shape index (κ3) is 3.73. The van der Waals surface area contributed by atoms with Crippen LogP contribution < -0.4 is 10.6 Å². The topological polar surface area (TPSA) is 58.2 Å². The molecule has 3 rings (SSSR count). The van der Waals surface area contributed by atoms with Gasteiger partial charge in [0, 0.05) is 17.8 Å². The van der Waals surface area contributed by atoms with Crippen LogP contribution in [0.2, 0.25) is 0 Å². The molecule has 2 N–H and O–H groups in total. The van der Waals surface area contributed by atoms with Crippen LogP contribution in [0.3, 0.4) is 0 Å². The first-order chi connectivity index (χ1) is 11.9. The molecular formula is C21H24N2O2. The van der Waals surface area contributed by atoms with Gasteiger partial charge in [-0.05, 0) is 62.9 Å². The largest absolute Gasteiger partial charge is 0.326 e. The molecule has 1 heterocycles. The number of amides is 2. The summed E-state index contributed by atoms with van der Waals surface area (Å²) in [5.41, 5.74) is 4.42. The van der Waals surface area contributed by atoms with E-state index in [1.165, 1.54) is 11.1 Å². The van der Waals surface area contributed by atoms with Gasteiger partial charge in [0.25, 0.3) is 0 Å². The van der Waals surface area contributed by atoms with E-state index in [1.54, 1.807) is 0 Å². The Labute approximate surface area is 148 Å². The SMILES string of the molecule is Cc1ccc(CCCC(=O)Nc2ccc3c(c2)C(C)(C)C(=O)N3)cc1. The number of rotatable bonds is 5. The summed E-state index contributed by atoms with van der Waals surface area (Å²) < 4.78 is 0. The fourth-order valence-electron chi connectivity index (χ4n) is 3.08. The van der Waals surface area contributed by atoms with Gasteiger partial charge < -0.3 is 10.6 Å². The van der Waals surface area contributed by atoms with E-state index in [0.29, 0.717) is 6.42 Å². The molecule has 2 aromatic rings. The smallest absolute Gasteiger partial charge is 0.234 e. The summed E-state index contributed by atoms with van der Waals surface area (Å²) in [4.78, 5) is 24.2. The summed E-state index contributed by atoms with van der Waals surface area (Å²) in [6, 6.07) is 14.0. The zero-order valence-electron chi connectivity index (χ0n) is 15.0. The fraction of sp³-hybridized carbons (Fsp3) is 0.333. The molecule has 4 heteroatoms. The fourth-order valence-corrected chi connectivity index (χ4v) is 3.08. The highest BCUT2D eigenvalue weighted by molar-refractivity contribution is 6.06. The summed E-state index contributed by atoms with van der Waals surface area (Å²) in [5.74, 6) is -0.00813. The van der Waals surface area contributed by atoms with Crippen molar-refractivity contribution < 1.29 is 9.59 Å². The average Bonchev–Trinajstić information content (AvgIpc) is 2.79. The van der Waals surface area contributed by atoms with Gasteiger partial charge in [-0.1, -0.05) is 29.8 Å². The maximum absolute atomic E-state index is 12.2. The van der Waals surface area contributed by atoms with Crippen molar-refractivity contribution in [2.24, 2.45) is 0 Å². The zero-order chi connectivity index (χ0) is 18.0. The van der Waals surface area contributed by atoms with E-state index in [2.05, 4.69) is 41.8 Å². The number of hydrogen-bond donors (Lipinski definition) is 2. The lowest BCUT2D eigenvalue weighted by atomic mass is 9.86. The number of nitrogens with one attached hydrogen (secondary N) is 2. The second kappa shape index (κ2) is 6.71. The second-order valence-electron chi connectivity index (χ2n) is 7.23.